The molecule has 10 heteroatoms. The van der Waals surface area contributed by atoms with Crippen LogP contribution >= 0.6 is 0 Å². The maximum atomic E-state index is 12.9. The number of aliphatic hydroxyl groups excluding tert-OH is 1. The molecule has 0 bridgehead atoms. The molecule has 2 aromatic rings. The van der Waals surface area contributed by atoms with Crippen LogP contribution in [0, 0.1) is 27.9 Å². The number of unbranched alkanes of at least 4 members (excludes halogenated alkanes) is 1. The Morgan fingerprint density at radius 2 is 1.67 bits per heavy atom. The summed E-state index contributed by atoms with van der Waals surface area (Å²) in [6.07, 6.45) is 1.54. The highest BCUT2D eigenvalue weighted by molar-refractivity contribution is 5.78. The number of para-hydroxylation sites is 1. The van der Waals surface area contributed by atoms with Crippen molar-refractivity contribution in [3.63, 3.8) is 0 Å². The molecule has 0 aliphatic rings. The SMILES string of the molecule is CCCCNC(=O)C(C)C[C@H](O)[C@H](C[C@H](Cc1ccc(C(C)(C)C)c(OCc2ccccc2[N+](=O)[O-])c1)C(C)C)NC(=O)OC(C)(C)C. The molecule has 2 rings (SSSR count). The first-order valence-corrected chi connectivity index (χ1v) is 17.3. The summed E-state index contributed by atoms with van der Waals surface area (Å²) in [6, 6.07) is 12.0. The van der Waals surface area contributed by atoms with Crippen LogP contribution in [0.4, 0.5) is 10.5 Å². The van der Waals surface area contributed by atoms with Gasteiger partial charge < -0.3 is 25.2 Å². The second kappa shape index (κ2) is 18.2. The predicted molar refractivity (Wildman–Crippen MR) is 190 cm³/mol. The predicted octanol–water partition coefficient (Wildman–Crippen LogP) is 7.87. The molecule has 0 aliphatic heterocycles. The van der Waals surface area contributed by atoms with Gasteiger partial charge in [-0.1, -0.05) is 79.2 Å². The van der Waals surface area contributed by atoms with E-state index in [1.165, 1.54) is 6.07 Å². The van der Waals surface area contributed by atoms with Gasteiger partial charge in [-0.25, -0.2) is 4.79 Å². The zero-order valence-corrected chi connectivity index (χ0v) is 30.7. The molecule has 0 fully saturated rings. The van der Waals surface area contributed by atoms with Gasteiger partial charge in [-0.15, -0.1) is 0 Å². The van der Waals surface area contributed by atoms with Crippen LogP contribution in [0.25, 0.3) is 0 Å². The topological polar surface area (TPSA) is 140 Å². The first kappa shape index (κ1) is 40.5. The third-order valence-electron chi connectivity index (χ3n) is 8.46. The van der Waals surface area contributed by atoms with Crippen LogP contribution < -0.4 is 15.4 Å². The van der Waals surface area contributed by atoms with Crippen molar-refractivity contribution in [3.05, 3.63) is 69.3 Å². The van der Waals surface area contributed by atoms with Crippen LogP contribution in [0.2, 0.25) is 0 Å². The van der Waals surface area contributed by atoms with E-state index in [9.17, 15) is 24.8 Å². The number of aliphatic hydroxyl groups is 1. The first-order valence-electron chi connectivity index (χ1n) is 17.3. The van der Waals surface area contributed by atoms with Gasteiger partial charge in [0.2, 0.25) is 5.91 Å². The lowest BCUT2D eigenvalue weighted by Crippen LogP contribution is -2.48. The smallest absolute Gasteiger partial charge is 0.407 e. The average molecular weight is 670 g/mol. The minimum Gasteiger partial charge on any atom is -0.488 e. The van der Waals surface area contributed by atoms with Crippen LogP contribution in [0.3, 0.4) is 0 Å². The Kier molecular flexibility index (Phi) is 15.4. The number of alkyl carbamates (subject to hydrolysis) is 1. The van der Waals surface area contributed by atoms with Gasteiger partial charge in [0.15, 0.2) is 0 Å². The molecule has 268 valence electrons. The summed E-state index contributed by atoms with van der Waals surface area (Å²) in [4.78, 5) is 36.8. The molecule has 1 unspecified atom stereocenters. The summed E-state index contributed by atoms with van der Waals surface area (Å²) in [5, 5.41) is 28.9. The quantitative estimate of drug-likeness (QED) is 0.0885. The third-order valence-corrected chi connectivity index (χ3v) is 8.46. The minimum absolute atomic E-state index is 0.0145. The van der Waals surface area contributed by atoms with Gasteiger partial charge in [-0.3, -0.25) is 14.9 Å². The Hall–Kier alpha value is -3.66. The molecule has 0 spiro atoms. The summed E-state index contributed by atoms with van der Waals surface area (Å²) < 4.78 is 11.8. The van der Waals surface area contributed by atoms with Gasteiger partial charge in [-0.05, 0) is 87.0 Å². The van der Waals surface area contributed by atoms with Crippen molar-refractivity contribution in [2.75, 3.05) is 6.54 Å². The van der Waals surface area contributed by atoms with E-state index in [1.807, 2.05) is 12.1 Å². The van der Waals surface area contributed by atoms with Crippen molar-refractivity contribution < 1.29 is 29.1 Å². The summed E-state index contributed by atoms with van der Waals surface area (Å²) in [7, 11) is 0. The fourth-order valence-corrected chi connectivity index (χ4v) is 5.59. The van der Waals surface area contributed by atoms with Crippen LogP contribution in [-0.4, -0.2) is 46.3 Å². The zero-order chi connectivity index (χ0) is 36.2. The average Bonchev–Trinajstić information content (AvgIpc) is 2.97. The lowest BCUT2D eigenvalue weighted by molar-refractivity contribution is -0.385. The van der Waals surface area contributed by atoms with Crippen molar-refractivity contribution in [2.45, 2.75) is 131 Å². The number of carbonyl (C=O) groups is 2. The number of rotatable bonds is 17. The highest BCUT2D eigenvalue weighted by Crippen LogP contribution is 2.35. The molecule has 4 atom stereocenters. The summed E-state index contributed by atoms with van der Waals surface area (Å²) >= 11 is 0. The second-order valence-corrected chi connectivity index (χ2v) is 15.3. The number of nitro groups is 1. The van der Waals surface area contributed by atoms with E-state index in [-0.39, 0.29) is 41.9 Å². The van der Waals surface area contributed by atoms with Gasteiger partial charge in [0.05, 0.1) is 22.6 Å². The number of nitrogens with one attached hydrogen (secondary N) is 2. The van der Waals surface area contributed by atoms with E-state index in [1.54, 1.807) is 45.9 Å². The molecule has 2 aromatic carbocycles. The standard InChI is InChI=1S/C38H59N3O7/c1-11-12-19-39-35(43)26(4)20-33(42)31(40-36(44)48-38(8,9)10)23-29(25(2)3)21-27-17-18-30(37(5,6)7)34(22-27)47-24-28-15-13-14-16-32(28)41(45)46/h13-18,22,25-26,29,31,33,42H,11-12,19-21,23-24H2,1-10H3,(H,39,43)(H,40,44)/t26?,29-,31-,33-/m0/s1. The molecule has 2 amide bonds. The maximum Gasteiger partial charge on any atom is 0.407 e. The molecule has 0 heterocycles. The fourth-order valence-electron chi connectivity index (χ4n) is 5.59. The largest absolute Gasteiger partial charge is 0.488 e. The summed E-state index contributed by atoms with van der Waals surface area (Å²) in [5.74, 6) is 0.325. The maximum absolute atomic E-state index is 12.9. The van der Waals surface area contributed by atoms with Gasteiger partial charge in [0, 0.05) is 18.5 Å². The molecule has 0 aliphatic carbocycles. The minimum atomic E-state index is -0.977. The van der Waals surface area contributed by atoms with Crippen LogP contribution in [-0.2, 0) is 28.0 Å². The molecule has 0 radical (unpaired) electrons. The highest BCUT2D eigenvalue weighted by Gasteiger charge is 2.31. The van der Waals surface area contributed by atoms with Gasteiger partial charge >= 0.3 is 6.09 Å². The molecular formula is C38H59N3O7. The van der Waals surface area contributed by atoms with Gasteiger partial charge in [0.25, 0.3) is 5.69 Å². The Labute approximate surface area is 287 Å². The number of benzene rings is 2. The Bertz CT molecular complexity index is 1350. The molecule has 48 heavy (non-hydrogen) atoms. The van der Waals surface area contributed by atoms with Gasteiger partial charge in [-0.2, -0.15) is 0 Å². The second-order valence-electron chi connectivity index (χ2n) is 15.3. The highest BCUT2D eigenvalue weighted by atomic mass is 16.6. The molecule has 10 nitrogen and oxygen atoms in total. The third kappa shape index (κ3) is 13.5. The number of ether oxygens (including phenoxy) is 2. The van der Waals surface area contributed by atoms with E-state index < -0.39 is 34.7 Å². The normalized spacial score (nSPS) is 14.5. The molecule has 0 aromatic heterocycles. The number of nitrogens with zero attached hydrogens (tertiary/aromatic N) is 1. The number of nitro benzene ring substituents is 1. The lowest BCUT2D eigenvalue weighted by Gasteiger charge is -2.32. The van der Waals surface area contributed by atoms with Crippen molar-refractivity contribution in [1.29, 1.82) is 0 Å². The van der Waals surface area contributed by atoms with Crippen molar-refractivity contribution >= 4 is 17.7 Å². The molecular weight excluding hydrogens is 610 g/mol. The monoisotopic (exact) mass is 669 g/mol. The summed E-state index contributed by atoms with van der Waals surface area (Å²) in [5.41, 5.74) is 1.55. The van der Waals surface area contributed by atoms with E-state index >= 15 is 0 Å². The Balaban J connectivity index is 2.35. The number of amides is 2. The number of hydrogen-bond donors (Lipinski definition) is 3. The Morgan fingerprint density at radius 1 is 1.00 bits per heavy atom. The molecule has 0 saturated heterocycles. The number of hydrogen-bond acceptors (Lipinski definition) is 7. The molecule has 3 N–H and O–H groups in total. The van der Waals surface area contributed by atoms with Crippen molar-refractivity contribution in [2.24, 2.45) is 17.8 Å². The molecule has 0 saturated carbocycles. The van der Waals surface area contributed by atoms with Crippen molar-refractivity contribution in [1.82, 2.24) is 10.6 Å². The Morgan fingerprint density at radius 3 is 2.25 bits per heavy atom. The lowest BCUT2D eigenvalue weighted by atomic mass is 9.80. The van der Waals surface area contributed by atoms with E-state index in [2.05, 4.69) is 58.2 Å². The van der Waals surface area contributed by atoms with Gasteiger partial charge in [0.1, 0.15) is 18.0 Å². The summed E-state index contributed by atoms with van der Waals surface area (Å²) in [6.45, 7) is 20.4. The van der Waals surface area contributed by atoms with E-state index in [4.69, 9.17) is 9.47 Å². The van der Waals surface area contributed by atoms with E-state index in [0.29, 0.717) is 30.7 Å². The fraction of sp³-hybridized carbons (Fsp3) is 0.632. The van der Waals surface area contributed by atoms with Crippen molar-refractivity contribution in [3.8, 4) is 5.75 Å². The van der Waals surface area contributed by atoms with Crippen LogP contribution in [0.5, 0.6) is 5.75 Å². The van der Waals surface area contributed by atoms with Crippen LogP contribution in [0.1, 0.15) is 112 Å². The number of carbonyl (C=O) groups excluding carboxylic acids is 2. The first-order chi connectivity index (χ1) is 22.3. The zero-order valence-electron chi connectivity index (χ0n) is 30.7. The van der Waals surface area contributed by atoms with E-state index in [0.717, 1.165) is 24.0 Å². The van der Waals surface area contributed by atoms with Crippen LogP contribution in [0.15, 0.2) is 42.5 Å².